The minimum atomic E-state index is -0.254. The number of carbonyl (C=O) groups is 1. The molecular formula is C14H16BrN5O2. The second kappa shape index (κ2) is 5.68. The van der Waals surface area contributed by atoms with E-state index in [2.05, 4.69) is 31.2 Å². The smallest absolute Gasteiger partial charge is 0.266 e. The maximum Gasteiger partial charge on any atom is 0.266 e. The molecule has 0 spiro atoms. The Balaban J connectivity index is 1.87. The van der Waals surface area contributed by atoms with Crippen LogP contribution in [0.1, 0.15) is 19.3 Å². The van der Waals surface area contributed by atoms with Crippen molar-refractivity contribution in [3.05, 3.63) is 27.1 Å². The van der Waals surface area contributed by atoms with Gasteiger partial charge in [0.05, 0.1) is 4.47 Å². The molecule has 1 amide bonds. The zero-order valence-electron chi connectivity index (χ0n) is 12.0. The predicted octanol–water partition coefficient (Wildman–Crippen LogP) is 1.16. The first kappa shape index (κ1) is 15.0. The number of nitrogens with zero attached hydrogens (tertiary/aromatic N) is 3. The molecule has 7 nitrogen and oxygen atoms in total. The fraction of sp³-hybridized carbons (Fsp3) is 0.429. The summed E-state index contributed by atoms with van der Waals surface area (Å²) in [6, 6.07) is 1.84. The molecule has 22 heavy (non-hydrogen) atoms. The van der Waals surface area contributed by atoms with Crippen LogP contribution in [0, 0.1) is 5.92 Å². The number of carbonyl (C=O) groups excluding carboxylic acids is 1. The van der Waals surface area contributed by atoms with E-state index in [1.54, 1.807) is 19.3 Å². The average molecular weight is 366 g/mol. The first-order chi connectivity index (χ1) is 10.5. The summed E-state index contributed by atoms with van der Waals surface area (Å²) in [5, 5.41) is 4.00. The van der Waals surface area contributed by atoms with Gasteiger partial charge in [-0.25, -0.2) is 4.98 Å². The molecule has 116 valence electrons. The fourth-order valence-corrected chi connectivity index (χ4v) is 3.34. The van der Waals surface area contributed by atoms with E-state index in [9.17, 15) is 9.59 Å². The van der Waals surface area contributed by atoms with Gasteiger partial charge >= 0.3 is 0 Å². The van der Waals surface area contributed by atoms with Gasteiger partial charge in [-0.3, -0.25) is 14.2 Å². The second-order valence-corrected chi connectivity index (χ2v) is 6.44. The number of hydrogen-bond donors (Lipinski definition) is 2. The van der Waals surface area contributed by atoms with Crippen LogP contribution in [0.2, 0.25) is 0 Å². The fourth-order valence-electron chi connectivity index (χ4n) is 2.83. The summed E-state index contributed by atoms with van der Waals surface area (Å²) < 4.78 is 1.96. The molecule has 1 saturated carbocycles. The Kier molecular flexibility index (Phi) is 3.86. The summed E-state index contributed by atoms with van der Waals surface area (Å²) in [6.45, 7) is 0. The van der Waals surface area contributed by atoms with Crippen molar-refractivity contribution in [2.24, 2.45) is 18.7 Å². The Bertz CT molecular complexity index is 804. The Hall–Kier alpha value is -1.96. The van der Waals surface area contributed by atoms with Gasteiger partial charge in [0.2, 0.25) is 11.9 Å². The third-order valence-electron chi connectivity index (χ3n) is 4.07. The topological polar surface area (TPSA) is 103 Å². The summed E-state index contributed by atoms with van der Waals surface area (Å²) >= 11 is 3.23. The zero-order chi connectivity index (χ0) is 15.9. The van der Waals surface area contributed by atoms with Crippen LogP contribution in [0.25, 0.3) is 11.0 Å². The molecule has 0 aliphatic heterocycles. The van der Waals surface area contributed by atoms with Crippen LogP contribution in [-0.2, 0) is 11.8 Å². The van der Waals surface area contributed by atoms with E-state index in [0.29, 0.717) is 22.5 Å². The first-order valence-electron chi connectivity index (χ1n) is 7.04. The molecule has 1 fully saturated rings. The summed E-state index contributed by atoms with van der Waals surface area (Å²) in [5.74, 6) is 0.120. The molecule has 2 atom stereocenters. The summed E-state index contributed by atoms with van der Waals surface area (Å²) in [6.07, 6.45) is 4.01. The lowest BCUT2D eigenvalue weighted by Gasteiger charge is -2.13. The normalized spacial score (nSPS) is 21.2. The molecule has 3 rings (SSSR count). The monoisotopic (exact) mass is 365 g/mol. The van der Waals surface area contributed by atoms with Crippen LogP contribution >= 0.6 is 15.9 Å². The highest BCUT2D eigenvalue weighted by molar-refractivity contribution is 9.10. The van der Waals surface area contributed by atoms with Crippen molar-refractivity contribution in [1.29, 1.82) is 0 Å². The minimum absolute atomic E-state index is 0.0849. The predicted molar refractivity (Wildman–Crippen MR) is 86.4 cm³/mol. The van der Waals surface area contributed by atoms with Gasteiger partial charge in [0.15, 0.2) is 0 Å². The Morgan fingerprint density at radius 2 is 2.27 bits per heavy atom. The van der Waals surface area contributed by atoms with E-state index < -0.39 is 0 Å². The SMILES string of the molecule is Cn1c(=O)c(Br)cc2cnc(N[C@H]3CC[C@@H](C(N)=O)C3)nc21. The third-order valence-corrected chi connectivity index (χ3v) is 4.64. The van der Waals surface area contributed by atoms with E-state index in [4.69, 9.17) is 5.73 Å². The van der Waals surface area contributed by atoms with Gasteiger partial charge < -0.3 is 11.1 Å². The molecule has 1 aliphatic rings. The number of aromatic nitrogens is 3. The molecule has 0 radical (unpaired) electrons. The van der Waals surface area contributed by atoms with Gasteiger partial charge in [0.25, 0.3) is 5.56 Å². The molecule has 2 heterocycles. The van der Waals surface area contributed by atoms with Gasteiger partial charge in [0.1, 0.15) is 5.65 Å². The highest BCUT2D eigenvalue weighted by atomic mass is 79.9. The van der Waals surface area contributed by atoms with E-state index in [0.717, 1.165) is 18.2 Å². The van der Waals surface area contributed by atoms with Crippen LogP contribution in [0.4, 0.5) is 5.95 Å². The van der Waals surface area contributed by atoms with Crippen molar-refractivity contribution >= 4 is 38.8 Å². The van der Waals surface area contributed by atoms with Crippen LogP contribution in [0.5, 0.6) is 0 Å². The van der Waals surface area contributed by atoms with E-state index in [1.807, 2.05) is 0 Å². The number of anilines is 1. The highest BCUT2D eigenvalue weighted by Gasteiger charge is 2.28. The first-order valence-corrected chi connectivity index (χ1v) is 7.83. The summed E-state index contributed by atoms with van der Waals surface area (Å²) in [5.41, 5.74) is 5.76. The average Bonchev–Trinajstić information content (AvgIpc) is 2.94. The minimum Gasteiger partial charge on any atom is -0.369 e. The number of primary amides is 1. The number of nitrogens with one attached hydrogen (secondary N) is 1. The molecule has 0 saturated heterocycles. The number of fused-ring (bicyclic) bond motifs is 1. The molecular weight excluding hydrogens is 350 g/mol. The second-order valence-electron chi connectivity index (χ2n) is 5.58. The van der Waals surface area contributed by atoms with Gasteiger partial charge in [-0.1, -0.05) is 0 Å². The van der Waals surface area contributed by atoms with Gasteiger partial charge in [-0.2, -0.15) is 4.98 Å². The lowest BCUT2D eigenvalue weighted by atomic mass is 10.1. The van der Waals surface area contributed by atoms with Crippen molar-refractivity contribution in [3.8, 4) is 0 Å². The standard InChI is InChI=1S/C14H16BrN5O2/c1-20-12-8(5-10(15)13(20)22)6-17-14(19-12)18-9-3-2-7(4-9)11(16)21/h5-7,9H,2-4H2,1H3,(H2,16,21)(H,17,18,19)/t7-,9+/m1/s1. The molecule has 1 aliphatic carbocycles. The number of nitrogens with two attached hydrogens (primary N) is 1. The van der Waals surface area contributed by atoms with Crippen LogP contribution < -0.4 is 16.6 Å². The molecule has 3 N–H and O–H groups in total. The number of amides is 1. The number of aryl methyl sites for hydroxylation is 1. The van der Waals surface area contributed by atoms with E-state index in [1.165, 1.54) is 4.57 Å². The maximum atomic E-state index is 11.9. The van der Waals surface area contributed by atoms with Crippen molar-refractivity contribution < 1.29 is 4.79 Å². The van der Waals surface area contributed by atoms with E-state index >= 15 is 0 Å². The lowest BCUT2D eigenvalue weighted by Crippen LogP contribution is -2.24. The molecule has 2 aromatic rings. The van der Waals surface area contributed by atoms with Crippen molar-refractivity contribution in [2.45, 2.75) is 25.3 Å². The zero-order valence-corrected chi connectivity index (χ0v) is 13.6. The number of rotatable bonds is 3. The summed E-state index contributed by atoms with van der Waals surface area (Å²) in [7, 11) is 1.67. The van der Waals surface area contributed by atoms with Crippen LogP contribution in [0.3, 0.4) is 0 Å². The van der Waals surface area contributed by atoms with Gasteiger partial charge in [-0.05, 0) is 41.3 Å². The number of hydrogen-bond acceptors (Lipinski definition) is 5. The van der Waals surface area contributed by atoms with Crippen molar-refractivity contribution in [1.82, 2.24) is 14.5 Å². The Morgan fingerprint density at radius 3 is 2.95 bits per heavy atom. The van der Waals surface area contributed by atoms with Crippen LogP contribution in [0.15, 0.2) is 21.5 Å². The Labute approximate surface area is 135 Å². The number of pyridine rings is 1. The highest BCUT2D eigenvalue weighted by Crippen LogP contribution is 2.27. The van der Waals surface area contributed by atoms with Crippen LogP contribution in [-0.4, -0.2) is 26.5 Å². The quantitative estimate of drug-likeness (QED) is 0.849. The number of halogens is 1. The Morgan fingerprint density at radius 1 is 1.50 bits per heavy atom. The largest absolute Gasteiger partial charge is 0.369 e. The molecule has 2 aromatic heterocycles. The third kappa shape index (κ3) is 2.70. The van der Waals surface area contributed by atoms with Gasteiger partial charge in [-0.15, -0.1) is 0 Å². The molecule has 0 bridgehead atoms. The summed E-state index contributed by atoms with van der Waals surface area (Å²) in [4.78, 5) is 31.8. The lowest BCUT2D eigenvalue weighted by molar-refractivity contribution is -0.121. The van der Waals surface area contributed by atoms with Crippen molar-refractivity contribution in [3.63, 3.8) is 0 Å². The molecule has 0 aromatic carbocycles. The maximum absolute atomic E-state index is 11.9. The molecule has 0 unspecified atom stereocenters. The van der Waals surface area contributed by atoms with Crippen molar-refractivity contribution in [2.75, 3.05) is 5.32 Å². The van der Waals surface area contributed by atoms with E-state index in [-0.39, 0.29) is 23.4 Å². The van der Waals surface area contributed by atoms with Gasteiger partial charge in [0, 0.05) is 30.6 Å². The molecule has 8 heteroatoms.